The number of H-pyrrole nitrogens is 1. The number of esters is 1. The third-order valence-corrected chi connectivity index (χ3v) is 3.63. The minimum atomic E-state index is -0.637. The van der Waals surface area contributed by atoms with Crippen LogP contribution in [0, 0.1) is 5.41 Å². The van der Waals surface area contributed by atoms with Crippen LogP contribution in [0.15, 0.2) is 31.0 Å². The molecule has 0 bridgehead atoms. The predicted octanol–water partition coefficient (Wildman–Crippen LogP) is 2.02. The maximum Gasteiger partial charge on any atom is 0.313 e. The summed E-state index contributed by atoms with van der Waals surface area (Å²) in [6.45, 7) is 4.18. The van der Waals surface area contributed by atoms with Crippen LogP contribution < -0.4 is 0 Å². The summed E-state index contributed by atoms with van der Waals surface area (Å²) in [6, 6.07) is 1.95. The Morgan fingerprint density at radius 3 is 2.91 bits per heavy atom. The molecule has 0 atom stereocenters. The first-order chi connectivity index (χ1) is 10.5. The van der Waals surface area contributed by atoms with E-state index in [9.17, 15) is 4.79 Å². The monoisotopic (exact) mass is 299 g/mol. The molecule has 22 heavy (non-hydrogen) atoms. The molecule has 0 amide bonds. The predicted molar refractivity (Wildman–Crippen MR) is 80.9 cm³/mol. The Morgan fingerprint density at radius 2 is 2.23 bits per heavy atom. The first kappa shape index (κ1) is 14.2. The quantitative estimate of drug-likeness (QED) is 0.745. The summed E-state index contributed by atoms with van der Waals surface area (Å²) >= 11 is 0. The number of fused-ring (bicyclic) bond motifs is 1. The van der Waals surface area contributed by atoms with Gasteiger partial charge in [-0.05, 0) is 19.9 Å². The van der Waals surface area contributed by atoms with Crippen molar-refractivity contribution in [3.05, 3.63) is 31.0 Å². The van der Waals surface area contributed by atoms with Crippen LogP contribution in [0.1, 0.15) is 13.8 Å². The fraction of sp³-hybridized carbons (Fsp3) is 0.333. The molecule has 0 spiro atoms. The Labute approximate surface area is 127 Å². The number of hydrogen-bond acceptors (Lipinski definition) is 5. The third-order valence-electron chi connectivity index (χ3n) is 3.63. The fourth-order valence-corrected chi connectivity index (χ4v) is 2.51. The van der Waals surface area contributed by atoms with Crippen LogP contribution in [0.3, 0.4) is 0 Å². The molecule has 0 saturated heterocycles. The van der Waals surface area contributed by atoms with Crippen molar-refractivity contribution < 1.29 is 9.53 Å². The summed E-state index contributed by atoms with van der Waals surface area (Å²) in [6.07, 6.45) is 6.94. The number of methoxy groups -OCH3 is 1. The number of rotatable bonds is 4. The molecule has 0 radical (unpaired) electrons. The van der Waals surface area contributed by atoms with E-state index in [0.29, 0.717) is 6.54 Å². The molecular formula is C15H17N5O2. The van der Waals surface area contributed by atoms with Crippen LogP contribution in [0.25, 0.3) is 22.3 Å². The van der Waals surface area contributed by atoms with Gasteiger partial charge in [-0.1, -0.05) is 0 Å². The van der Waals surface area contributed by atoms with E-state index >= 15 is 0 Å². The molecule has 3 aromatic rings. The number of nitrogens with one attached hydrogen (secondary N) is 1. The van der Waals surface area contributed by atoms with Crippen LogP contribution in [0.4, 0.5) is 0 Å². The standard InChI is InChI=1S/C15H17N5O2/c1-15(2,14(21)22-3)8-20-5-4-11-12(10-6-18-19-7-10)16-9-17-13(11)20/h4-7,9H,8H2,1-3H3,(H,18,19). The van der Waals surface area contributed by atoms with E-state index in [1.54, 1.807) is 12.4 Å². The molecule has 0 aliphatic carbocycles. The van der Waals surface area contributed by atoms with Gasteiger partial charge < -0.3 is 9.30 Å². The van der Waals surface area contributed by atoms with E-state index in [2.05, 4.69) is 20.2 Å². The van der Waals surface area contributed by atoms with E-state index in [1.807, 2.05) is 30.7 Å². The molecule has 0 aliphatic heterocycles. The van der Waals surface area contributed by atoms with Crippen molar-refractivity contribution in [3.8, 4) is 11.3 Å². The van der Waals surface area contributed by atoms with Gasteiger partial charge in [0.1, 0.15) is 12.0 Å². The first-order valence-corrected chi connectivity index (χ1v) is 6.90. The van der Waals surface area contributed by atoms with Gasteiger partial charge in [-0.2, -0.15) is 5.10 Å². The van der Waals surface area contributed by atoms with Gasteiger partial charge in [0.25, 0.3) is 0 Å². The molecule has 3 rings (SSSR count). The zero-order valence-electron chi connectivity index (χ0n) is 12.7. The smallest absolute Gasteiger partial charge is 0.313 e. The van der Waals surface area contributed by atoms with Gasteiger partial charge in [-0.3, -0.25) is 9.89 Å². The van der Waals surface area contributed by atoms with Gasteiger partial charge in [0.2, 0.25) is 0 Å². The zero-order chi connectivity index (χ0) is 15.7. The van der Waals surface area contributed by atoms with Crippen LogP contribution >= 0.6 is 0 Å². The first-order valence-electron chi connectivity index (χ1n) is 6.90. The second kappa shape index (κ2) is 5.25. The highest BCUT2D eigenvalue weighted by atomic mass is 16.5. The van der Waals surface area contributed by atoms with Crippen molar-refractivity contribution >= 4 is 17.0 Å². The normalized spacial score (nSPS) is 11.8. The molecule has 3 heterocycles. The maximum absolute atomic E-state index is 11.9. The van der Waals surface area contributed by atoms with E-state index < -0.39 is 5.41 Å². The van der Waals surface area contributed by atoms with Gasteiger partial charge in [0.05, 0.1) is 24.4 Å². The van der Waals surface area contributed by atoms with Crippen molar-refractivity contribution in [3.63, 3.8) is 0 Å². The molecule has 7 nitrogen and oxygen atoms in total. The molecule has 0 aromatic carbocycles. The maximum atomic E-state index is 11.9. The molecule has 0 unspecified atom stereocenters. The lowest BCUT2D eigenvalue weighted by atomic mass is 9.94. The summed E-state index contributed by atoms with van der Waals surface area (Å²) in [5, 5.41) is 7.66. The van der Waals surface area contributed by atoms with Gasteiger partial charge in [0, 0.05) is 29.9 Å². The summed E-state index contributed by atoms with van der Waals surface area (Å²) in [5.41, 5.74) is 1.86. The summed E-state index contributed by atoms with van der Waals surface area (Å²) < 4.78 is 6.80. The van der Waals surface area contributed by atoms with E-state index in [-0.39, 0.29) is 5.97 Å². The highest BCUT2D eigenvalue weighted by molar-refractivity contribution is 5.90. The van der Waals surface area contributed by atoms with Crippen molar-refractivity contribution in [2.24, 2.45) is 5.41 Å². The Morgan fingerprint density at radius 1 is 1.41 bits per heavy atom. The molecule has 3 aromatic heterocycles. The topological polar surface area (TPSA) is 85.7 Å². The minimum absolute atomic E-state index is 0.251. The van der Waals surface area contributed by atoms with E-state index in [4.69, 9.17) is 4.74 Å². The van der Waals surface area contributed by atoms with Crippen molar-refractivity contribution in [2.45, 2.75) is 20.4 Å². The van der Waals surface area contributed by atoms with Gasteiger partial charge in [-0.25, -0.2) is 9.97 Å². The number of hydrogen-bond donors (Lipinski definition) is 1. The summed E-state index contributed by atoms with van der Waals surface area (Å²) in [4.78, 5) is 20.6. The number of aromatic amines is 1. The second-order valence-electron chi connectivity index (χ2n) is 5.77. The van der Waals surface area contributed by atoms with E-state index in [0.717, 1.165) is 22.3 Å². The Bertz CT molecular complexity index is 805. The molecule has 114 valence electrons. The molecule has 0 saturated carbocycles. The Balaban J connectivity index is 2.03. The largest absolute Gasteiger partial charge is 0.469 e. The fourth-order valence-electron chi connectivity index (χ4n) is 2.51. The average molecular weight is 299 g/mol. The minimum Gasteiger partial charge on any atom is -0.469 e. The summed E-state index contributed by atoms with van der Waals surface area (Å²) in [5.74, 6) is -0.251. The highest BCUT2D eigenvalue weighted by Crippen LogP contribution is 2.28. The Hall–Kier alpha value is -2.70. The van der Waals surface area contributed by atoms with Crippen LogP contribution in [0.2, 0.25) is 0 Å². The number of ether oxygens (including phenoxy) is 1. The highest BCUT2D eigenvalue weighted by Gasteiger charge is 2.30. The Kier molecular flexibility index (Phi) is 3.40. The molecule has 1 N–H and O–H groups in total. The summed E-state index contributed by atoms with van der Waals surface area (Å²) in [7, 11) is 1.40. The average Bonchev–Trinajstić information content (AvgIpc) is 3.16. The van der Waals surface area contributed by atoms with E-state index in [1.165, 1.54) is 13.4 Å². The van der Waals surface area contributed by atoms with Crippen molar-refractivity contribution in [2.75, 3.05) is 7.11 Å². The van der Waals surface area contributed by atoms with Crippen molar-refractivity contribution in [1.29, 1.82) is 0 Å². The van der Waals surface area contributed by atoms with Crippen LogP contribution in [0.5, 0.6) is 0 Å². The SMILES string of the molecule is COC(=O)C(C)(C)Cn1ccc2c(-c3cn[nH]c3)ncnc21. The molecular weight excluding hydrogens is 282 g/mol. The molecule has 0 aliphatic rings. The van der Waals surface area contributed by atoms with Crippen LogP contribution in [-0.2, 0) is 16.1 Å². The second-order valence-corrected chi connectivity index (χ2v) is 5.77. The van der Waals surface area contributed by atoms with Gasteiger partial charge in [-0.15, -0.1) is 0 Å². The lowest BCUT2D eigenvalue weighted by Gasteiger charge is -2.22. The van der Waals surface area contributed by atoms with Gasteiger partial charge in [0.15, 0.2) is 0 Å². The van der Waals surface area contributed by atoms with Gasteiger partial charge >= 0.3 is 5.97 Å². The third kappa shape index (κ3) is 2.34. The number of carbonyl (C=O) groups excluding carboxylic acids is 1. The van der Waals surface area contributed by atoms with Crippen molar-refractivity contribution in [1.82, 2.24) is 24.7 Å². The zero-order valence-corrected chi connectivity index (χ0v) is 12.7. The lowest BCUT2D eigenvalue weighted by Crippen LogP contribution is -2.30. The number of nitrogens with zero attached hydrogens (tertiary/aromatic N) is 4. The number of carbonyl (C=O) groups is 1. The lowest BCUT2D eigenvalue weighted by molar-refractivity contribution is -0.151. The molecule has 0 fully saturated rings. The van der Waals surface area contributed by atoms with Crippen LogP contribution in [-0.4, -0.2) is 37.8 Å². The number of aromatic nitrogens is 5. The molecule has 7 heteroatoms.